The van der Waals surface area contributed by atoms with E-state index < -0.39 is 0 Å². The van der Waals surface area contributed by atoms with Gasteiger partial charge in [-0.05, 0) is 56.5 Å². The molecular formula is C15H21ClN2. The molecule has 1 N–H and O–H groups in total. The fraction of sp³-hybridized carbons (Fsp3) is 0.600. The molecule has 2 fully saturated rings. The molecule has 0 aromatic heterocycles. The molecule has 3 rings (SSSR count). The molecule has 4 atom stereocenters. The first-order valence-corrected chi connectivity index (χ1v) is 7.34. The van der Waals surface area contributed by atoms with Crippen LogP contribution < -0.4 is 5.32 Å². The normalized spacial score (nSPS) is 32.4. The molecular weight excluding hydrogens is 244 g/mol. The maximum atomic E-state index is 6.06. The first kappa shape index (κ1) is 12.5. The highest BCUT2D eigenvalue weighted by molar-refractivity contribution is 6.30. The Balaban J connectivity index is 1.65. The lowest BCUT2D eigenvalue weighted by Gasteiger charge is -2.33. The van der Waals surface area contributed by atoms with Crippen LogP contribution in [0.15, 0.2) is 24.3 Å². The van der Waals surface area contributed by atoms with Crippen molar-refractivity contribution in [2.45, 2.75) is 31.8 Å². The predicted molar refractivity (Wildman–Crippen MR) is 76.0 cm³/mol. The van der Waals surface area contributed by atoms with Crippen molar-refractivity contribution in [2.75, 3.05) is 19.6 Å². The van der Waals surface area contributed by atoms with Gasteiger partial charge >= 0.3 is 0 Å². The molecule has 3 heteroatoms. The fourth-order valence-electron chi connectivity index (χ4n) is 3.36. The number of rotatable bonds is 3. The van der Waals surface area contributed by atoms with Gasteiger partial charge < -0.3 is 10.2 Å². The lowest BCUT2D eigenvalue weighted by molar-refractivity contribution is 0.212. The minimum Gasteiger partial charge on any atom is -0.307 e. The molecule has 4 unspecified atom stereocenters. The van der Waals surface area contributed by atoms with E-state index in [1.165, 1.54) is 38.0 Å². The van der Waals surface area contributed by atoms with Crippen molar-refractivity contribution in [1.29, 1.82) is 0 Å². The summed E-state index contributed by atoms with van der Waals surface area (Å²) in [6.07, 6.45) is 2.65. The molecule has 1 aromatic rings. The van der Waals surface area contributed by atoms with Crippen LogP contribution in [0.5, 0.6) is 0 Å². The Labute approximate surface area is 114 Å². The Kier molecular flexibility index (Phi) is 3.60. The van der Waals surface area contributed by atoms with Gasteiger partial charge in [-0.2, -0.15) is 0 Å². The van der Waals surface area contributed by atoms with E-state index in [0.29, 0.717) is 12.1 Å². The van der Waals surface area contributed by atoms with E-state index in [2.05, 4.69) is 29.3 Å². The Morgan fingerprint density at radius 2 is 2.17 bits per heavy atom. The van der Waals surface area contributed by atoms with Gasteiger partial charge in [0.15, 0.2) is 0 Å². The maximum absolute atomic E-state index is 6.06. The van der Waals surface area contributed by atoms with Crippen LogP contribution >= 0.6 is 11.6 Å². The highest BCUT2D eigenvalue weighted by Crippen LogP contribution is 2.29. The quantitative estimate of drug-likeness (QED) is 0.903. The third-order valence-electron chi connectivity index (χ3n) is 4.45. The summed E-state index contributed by atoms with van der Waals surface area (Å²) in [5.41, 5.74) is 1.29. The molecule has 2 bridgehead atoms. The van der Waals surface area contributed by atoms with E-state index in [9.17, 15) is 0 Å². The standard InChI is InChI=1S/C15H21ClN2/c1-11(12-3-2-4-14(16)9-12)17-15-6-8-18-7-5-13(15)10-18/h2-4,9,11,13,15,17H,5-8,10H2,1H3. The number of hydrogen-bond donors (Lipinski definition) is 1. The maximum Gasteiger partial charge on any atom is 0.0409 e. The van der Waals surface area contributed by atoms with E-state index in [4.69, 9.17) is 11.6 Å². The number of nitrogens with zero attached hydrogens (tertiary/aromatic N) is 1. The minimum atomic E-state index is 0.390. The summed E-state index contributed by atoms with van der Waals surface area (Å²) in [4.78, 5) is 2.59. The SMILES string of the molecule is CC(NC1CCN2CCC1C2)c1cccc(Cl)c1. The Bertz CT molecular complexity index is 421. The molecule has 2 nitrogen and oxygen atoms in total. The third kappa shape index (κ3) is 2.56. The summed E-state index contributed by atoms with van der Waals surface area (Å²) in [7, 11) is 0. The van der Waals surface area contributed by atoms with Gasteiger partial charge in [0.25, 0.3) is 0 Å². The number of fused-ring (bicyclic) bond motifs is 2. The van der Waals surface area contributed by atoms with Crippen molar-refractivity contribution in [1.82, 2.24) is 10.2 Å². The molecule has 2 aliphatic rings. The molecule has 0 spiro atoms. The summed E-state index contributed by atoms with van der Waals surface area (Å²) in [5, 5.41) is 4.64. The molecule has 0 aliphatic carbocycles. The summed E-state index contributed by atoms with van der Waals surface area (Å²) < 4.78 is 0. The number of nitrogens with one attached hydrogen (secondary N) is 1. The zero-order chi connectivity index (χ0) is 12.5. The summed E-state index contributed by atoms with van der Waals surface area (Å²) in [6, 6.07) is 9.27. The monoisotopic (exact) mass is 264 g/mol. The topological polar surface area (TPSA) is 15.3 Å². The average molecular weight is 265 g/mol. The Morgan fingerprint density at radius 3 is 3.00 bits per heavy atom. The van der Waals surface area contributed by atoms with Gasteiger partial charge in [0.05, 0.1) is 0 Å². The molecule has 1 aromatic carbocycles. The second-order valence-electron chi connectivity index (χ2n) is 5.69. The number of piperidine rings is 1. The van der Waals surface area contributed by atoms with E-state index in [1.54, 1.807) is 0 Å². The summed E-state index contributed by atoms with van der Waals surface area (Å²) >= 11 is 6.06. The van der Waals surface area contributed by atoms with Crippen LogP contribution in [0, 0.1) is 5.92 Å². The van der Waals surface area contributed by atoms with Crippen LogP contribution in [0.1, 0.15) is 31.4 Å². The molecule has 2 aliphatic heterocycles. The van der Waals surface area contributed by atoms with Gasteiger partial charge in [-0.25, -0.2) is 0 Å². The largest absolute Gasteiger partial charge is 0.307 e. The Hall–Kier alpha value is -0.570. The summed E-state index contributed by atoms with van der Waals surface area (Å²) in [5.74, 6) is 0.848. The lowest BCUT2D eigenvalue weighted by Crippen LogP contribution is -2.44. The second kappa shape index (κ2) is 5.20. The van der Waals surface area contributed by atoms with Crippen molar-refractivity contribution in [2.24, 2.45) is 5.92 Å². The molecule has 0 saturated carbocycles. The molecule has 0 radical (unpaired) electrons. The highest BCUT2D eigenvalue weighted by Gasteiger charge is 2.34. The molecule has 0 amide bonds. The smallest absolute Gasteiger partial charge is 0.0409 e. The fourth-order valence-corrected chi connectivity index (χ4v) is 3.56. The van der Waals surface area contributed by atoms with Crippen LogP contribution in [-0.2, 0) is 0 Å². The lowest BCUT2D eigenvalue weighted by atomic mass is 9.93. The highest BCUT2D eigenvalue weighted by atomic mass is 35.5. The van der Waals surface area contributed by atoms with Crippen LogP contribution in [0.2, 0.25) is 5.02 Å². The average Bonchev–Trinajstić information content (AvgIpc) is 2.76. The molecule has 2 saturated heterocycles. The van der Waals surface area contributed by atoms with E-state index in [0.717, 1.165) is 10.9 Å². The second-order valence-corrected chi connectivity index (χ2v) is 6.12. The van der Waals surface area contributed by atoms with E-state index >= 15 is 0 Å². The van der Waals surface area contributed by atoms with Crippen molar-refractivity contribution < 1.29 is 0 Å². The van der Waals surface area contributed by atoms with Crippen LogP contribution in [0.25, 0.3) is 0 Å². The zero-order valence-electron chi connectivity index (χ0n) is 10.9. The van der Waals surface area contributed by atoms with Crippen LogP contribution in [0.4, 0.5) is 0 Å². The van der Waals surface area contributed by atoms with E-state index in [1.807, 2.05) is 12.1 Å². The van der Waals surface area contributed by atoms with Crippen LogP contribution in [0.3, 0.4) is 0 Å². The van der Waals surface area contributed by atoms with Crippen molar-refractivity contribution in [3.05, 3.63) is 34.9 Å². The third-order valence-corrected chi connectivity index (χ3v) is 4.68. The van der Waals surface area contributed by atoms with Crippen molar-refractivity contribution >= 4 is 11.6 Å². The molecule has 18 heavy (non-hydrogen) atoms. The van der Waals surface area contributed by atoms with Gasteiger partial charge in [0.2, 0.25) is 0 Å². The van der Waals surface area contributed by atoms with Crippen molar-refractivity contribution in [3.63, 3.8) is 0 Å². The van der Waals surface area contributed by atoms with Gasteiger partial charge in [0, 0.05) is 23.7 Å². The van der Waals surface area contributed by atoms with Gasteiger partial charge in [-0.1, -0.05) is 23.7 Å². The molecule has 98 valence electrons. The predicted octanol–water partition coefficient (Wildman–Crippen LogP) is 3.08. The van der Waals surface area contributed by atoms with Gasteiger partial charge in [0.1, 0.15) is 0 Å². The minimum absolute atomic E-state index is 0.390. The van der Waals surface area contributed by atoms with Gasteiger partial charge in [-0.15, -0.1) is 0 Å². The molecule has 2 heterocycles. The first-order chi connectivity index (χ1) is 8.72. The first-order valence-electron chi connectivity index (χ1n) is 6.96. The van der Waals surface area contributed by atoms with Crippen LogP contribution in [-0.4, -0.2) is 30.6 Å². The Morgan fingerprint density at radius 1 is 1.33 bits per heavy atom. The van der Waals surface area contributed by atoms with Gasteiger partial charge in [-0.3, -0.25) is 0 Å². The zero-order valence-corrected chi connectivity index (χ0v) is 11.7. The number of benzene rings is 1. The van der Waals surface area contributed by atoms with E-state index in [-0.39, 0.29) is 0 Å². The summed E-state index contributed by atoms with van der Waals surface area (Å²) in [6.45, 7) is 6.09. The van der Waals surface area contributed by atoms with Crippen molar-refractivity contribution in [3.8, 4) is 0 Å². The number of halogens is 1. The number of hydrogen-bond acceptors (Lipinski definition) is 2.